The first-order valence-electron chi connectivity index (χ1n) is 26.0. The molecule has 8 rings (SSSR count). The number of allylic oxidation sites excluding steroid dienone is 1. The minimum Gasteiger partial charge on any atom is -0.387 e. The standard InChI is InChI=1S/C56H69F2N11O5S/c1-36-52(75-35-64-36)38-15-13-37(14-16-38)30-63-54(72)48-11-8-20-69(48)55(73)53(56(2,3)4)66-49(70)12-5-6-19-60-50(71)34-67-21-17-41(18-22-67)61-31-40(29-59)47-32-62-46-10-7-9-42(51(46)65-47)39-27-44(57)43(45(58)28-39)33-68-23-25-74-26-24-68/h7,9-10,13-16,27-29,31-32,35,41,48,53,59,61H,5-6,8,11-12,17-26,30,33-34H2,1-4H3,(H,60,71)(H,63,72)(H,66,70)/b40-31+,59-29?. The minimum absolute atomic E-state index is 0.0192. The number of nitrogens with one attached hydrogen (secondary N) is 5. The Morgan fingerprint density at radius 3 is 2.33 bits per heavy atom. The Labute approximate surface area is 441 Å². The van der Waals surface area contributed by atoms with E-state index >= 15 is 8.78 Å². The second-order valence-electron chi connectivity index (χ2n) is 20.7. The van der Waals surface area contributed by atoms with Gasteiger partial charge in [0, 0.05) is 93.9 Å². The molecule has 5 N–H and O–H groups in total. The largest absolute Gasteiger partial charge is 0.387 e. The maximum Gasteiger partial charge on any atom is 0.246 e. The monoisotopic (exact) mass is 1050 g/mol. The summed E-state index contributed by atoms with van der Waals surface area (Å²) < 4.78 is 36.2. The lowest BCUT2D eigenvalue weighted by Gasteiger charge is -2.35. The van der Waals surface area contributed by atoms with Gasteiger partial charge in [0.25, 0.3) is 0 Å². The van der Waals surface area contributed by atoms with Crippen molar-refractivity contribution in [1.29, 1.82) is 5.41 Å². The van der Waals surface area contributed by atoms with Crippen LogP contribution in [0.15, 0.2) is 72.5 Å². The highest BCUT2D eigenvalue weighted by molar-refractivity contribution is 7.13. The van der Waals surface area contributed by atoms with Crippen LogP contribution in [0.2, 0.25) is 0 Å². The number of likely N-dealkylation sites (tertiary alicyclic amines) is 2. The summed E-state index contributed by atoms with van der Waals surface area (Å²) in [5.74, 6) is -2.07. The number of para-hydroxylation sites is 1. The van der Waals surface area contributed by atoms with E-state index in [1.165, 1.54) is 18.3 Å². The SMILES string of the molecule is Cc1ncsc1-c1ccc(CNC(=O)C2CCCN2C(=O)C(NC(=O)CCCCNC(=O)CN2CCC(N/C=C(\C=N)c3cnc4cccc(-c5cc(F)c(CN6CCOCC6)c(F)c5)c4n3)CC2)C(C)(C)C)cc1. The third-order valence-electron chi connectivity index (χ3n) is 14.2. The van der Waals surface area contributed by atoms with Crippen molar-refractivity contribution >= 4 is 57.8 Å². The first-order valence-corrected chi connectivity index (χ1v) is 26.9. The Balaban J connectivity index is 0.744. The van der Waals surface area contributed by atoms with Crippen LogP contribution in [-0.2, 0) is 37.0 Å². The number of morpholine rings is 1. The number of benzene rings is 3. The summed E-state index contributed by atoms with van der Waals surface area (Å²) in [6.07, 6.45) is 8.62. The molecule has 2 atom stereocenters. The second kappa shape index (κ2) is 25.3. The molecule has 2 unspecified atom stereocenters. The van der Waals surface area contributed by atoms with Crippen LogP contribution in [0.5, 0.6) is 0 Å². The summed E-state index contributed by atoms with van der Waals surface area (Å²) in [6, 6.07) is 14.7. The molecule has 398 valence electrons. The summed E-state index contributed by atoms with van der Waals surface area (Å²) in [7, 11) is 0. The maximum absolute atomic E-state index is 15.4. The molecular weight excluding hydrogens is 977 g/mol. The molecule has 3 saturated heterocycles. The molecule has 4 amide bonds. The number of nitrogens with zero attached hydrogens (tertiary/aromatic N) is 6. The van der Waals surface area contributed by atoms with Crippen molar-refractivity contribution in [3.63, 3.8) is 0 Å². The molecule has 5 aromatic rings. The third-order valence-corrected chi connectivity index (χ3v) is 15.2. The van der Waals surface area contributed by atoms with Gasteiger partial charge < -0.3 is 36.3 Å². The number of rotatable bonds is 20. The van der Waals surface area contributed by atoms with Crippen LogP contribution >= 0.6 is 11.3 Å². The maximum atomic E-state index is 15.4. The Hall–Kier alpha value is -6.54. The zero-order valence-electron chi connectivity index (χ0n) is 43.4. The Kier molecular flexibility index (Phi) is 18.5. The molecule has 0 radical (unpaired) electrons. The highest BCUT2D eigenvalue weighted by atomic mass is 32.1. The number of aryl methyl sites for hydroxylation is 1. The fourth-order valence-electron chi connectivity index (χ4n) is 9.86. The molecule has 3 aliphatic heterocycles. The van der Waals surface area contributed by atoms with E-state index in [2.05, 4.69) is 36.1 Å². The predicted octanol–water partition coefficient (Wildman–Crippen LogP) is 7.01. The zero-order valence-corrected chi connectivity index (χ0v) is 44.2. The Morgan fingerprint density at radius 1 is 0.893 bits per heavy atom. The number of aromatic nitrogens is 3. The number of halogens is 2. The zero-order chi connectivity index (χ0) is 53.1. The van der Waals surface area contributed by atoms with Crippen LogP contribution in [0.3, 0.4) is 0 Å². The molecule has 3 aliphatic rings. The van der Waals surface area contributed by atoms with Gasteiger partial charge in [0.15, 0.2) is 0 Å². The molecule has 0 aliphatic carbocycles. The number of amides is 4. The van der Waals surface area contributed by atoms with E-state index in [1.807, 2.05) is 62.4 Å². The van der Waals surface area contributed by atoms with E-state index in [4.69, 9.17) is 15.1 Å². The molecule has 3 fully saturated rings. The van der Waals surface area contributed by atoms with Crippen LogP contribution < -0.4 is 21.3 Å². The number of piperidine rings is 1. The van der Waals surface area contributed by atoms with Gasteiger partial charge in [-0.05, 0) is 85.8 Å². The van der Waals surface area contributed by atoms with Crippen molar-refractivity contribution in [3.8, 4) is 21.6 Å². The first kappa shape index (κ1) is 54.7. The van der Waals surface area contributed by atoms with Gasteiger partial charge in [-0.2, -0.15) is 0 Å². The quantitative estimate of drug-likeness (QED) is 0.0397. The van der Waals surface area contributed by atoms with Crippen LogP contribution in [0.1, 0.15) is 88.2 Å². The number of carbonyl (C=O) groups is 4. The summed E-state index contributed by atoms with van der Waals surface area (Å²) in [4.78, 5) is 74.2. The van der Waals surface area contributed by atoms with E-state index in [1.54, 1.807) is 46.8 Å². The predicted molar refractivity (Wildman–Crippen MR) is 287 cm³/mol. The van der Waals surface area contributed by atoms with Gasteiger partial charge in [0.1, 0.15) is 23.7 Å². The van der Waals surface area contributed by atoms with Gasteiger partial charge in [-0.15, -0.1) is 11.3 Å². The van der Waals surface area contributed by atoms with Crippen LogP contribution in [0.4, 0.5) is 8.78 Å². The van der Waals surface area contributed by atoms with Crippen molar-refractivity contribution < 1.29 is 32.7 Å². The van der Waals surface area contributed by atoms with E-state index < -0.39 is 29.1 Å². The van der Waals surface area contributed by atoms with E-state index in [9.17, 15) is 19.2 Å². The number of ether oxygens (including phenoxy) is 1. The van der Waals surface area contributed by atoms with Crippen molar-refractivity contribution in [2.24, 2.45) is 5.41 Å². The first-order chi connectivity index (χ1) is 36.1. The molecule has 2 aromatic heterocycles. The Morgan fingerprint density at radius 2 is 1.64 bits per heavy atom. The normalized spacial score (nSPS) is 17.4. The average molecular weight is 1050 g/mol. The highest BCUT2D eigenvalue weighted by Crippen LogP contribution is 2.32. The van der Waals surface area contributed by atoms with Crippen molar-refractivity contribution in [1.82, 2.24) is 50.9 Å². The molecule has 75 heavy (non-hydrogen) atoms. The summed E-state index contributed by atoms with van der Waals surface area (Å²) >= 11 is 1.59. The van der Waals surface area contributed by atoms with Crippen molar-refractivity contribution in [3.05, 3.63) is 107 Å². The molecule has 3 aromatic carbocycles. The molecule has 19 heteroatoms. The van der Waals surface area contributed by atoms with Crippen LogP contribution in [-0.4, -0.2) is 137 Å². The van der Waals surface area contributed by atoms with Gasteiger partial charge >= 0.3 is 0 Å². The molecule has 0 saturated carbocycles. The lowest BCUT2D eigenvalue weighted by molar-refractivity contribution is -0.144. The Bertz CT molecular complexity index is 2840. The number of thiazole rings is 1. The number of carbonyl (C=O) groups excluding carboxylic acids is 4. The third kappa shape index (κ3) is 14.2. The number of hydrogen-bond acceptors (Lipinski definition) is 13. The molecule has 16 nitrogen and oxygen atoms in total. The number of unbranched alkanes of at least 4 members (excludes halogenated alkanes) is 1. The average Bonchev–Trinajstić information content (AvgIpc) is 4.08. The van der Waals surface area contributed by atoms with Crippen molar-refractivity contribution in [2.45, 2.75) is 104 Å². The van der Waals surface area contributed by atoms with Gasteiger partial charge in [-0.1, -0.05) is 57.2 Å². The molecule has 0 spiro atoms. The topological polar surface area (TPSA) is 198 Å². The summed E-state index contributed by atoms with van der Waals surface area (Å²) in [5.41, 5.74) is 7.09. The fourth-order valence-corrected chi connectivity index (χ4v) is 10.7. The number of fused-ring (bicyclic) bond motifs is 1. The molecule has 0 bridgehead atoms. The van der Waals surface area contributed by atoms with Gasteiger partial charge in [0.05, 0.1) is 58.8 Å². The van der Waals surface area contributed by atoms with Gasteiger partial charge in [-0.3, -0.25) is 34.0 Å². The minimum atomic E-state index is -0.814. The van der Waals surface area contributed by atoms with Gasteiger partial charge in [-0.25, -0.2) is 18.7 Å². The van der Waals surface area contributed by atoms with E-state index in [0.717, 1.165) is 34.5 Å². The summed E-state index contributed by atoms with van der Waals surface area (Å²) in [6.45, 7) is 13.0. The van der Waals surface area contributed by atoms with E-state index in [0.29, 0.717) is 118 Å². The highest BCUT2D eigenvalue weighted by Gasteiger charge is 2.42. The van der Waals surface area contributed by atoms with Crippen LogP contribution in [0, 0.1) is 29.4 Å². The number of hydrogen-bond donors (Lipinski definition) is 5. The fraction of sp³-hybridized carbons (Fsp3) is 0.464. The molecule has 5 heterocycles. The lowest BCUT2D eigenvalue weighted by atomic mass is 9.85. The van der Waals surface area contributed by atoms with Crippen LogP contribution in [0.25, 0.3) is 38.2 Å². The summed E-state index contributed by atoms with van der Waals surface area (Å²) in [5, 5.41) is 20.6. The van der Waals surface area contributed by atoms with Gasteiger partial charge in [0.2, 0.25) is 23.6 Å². The van der Waals surface area contributed by atoms with Crippen molar-refractivity contribution in [2.75, 3.05) is 59.0 Å². The van der Waals surface area contributed by atoms with E-state index in [-0.39, 0.29) is 54.7 Å². The molecular formula is C56H69F2N11O5S. The second-order valence-corrected chi connectivity index (χ2v) is 21.6. The smallest absolute Gasteiger partial charge is 0.246 e. The lowest BCUT2D eigenvalue weighted by Crippen LogP contribution is -2.57.